The average molecular weight is 375 g/mol. The number of benzene rings is 2. The minimum atomic E-state index is -0.469. The first kappa shape index (κ1) is 16.4. The minimum Gasteiger partial charge on any atom is -0.306 e. The van der Waals surface area contributed by atoms with Gasteiger partial charge in [-0.2, -0.15) is 0 Å². The van der Waals surface area contributed by atoms with Crippen LogP contribution in [0.4, 0.5) is 8.78 Å². The van der Waals surface area contributed by atoms with Crippen molar-refractivity contribution in [2.45, 2.75) is 19.4 Å². The van der Waals surface area contributed by atoms with E-state index in [1.54, 1.807) is 24.3 Å². The normalized spacial score (nSPS) is 12.4. The summed E-state index contributed by atoms with van der Waals surface area (Å²) in [5.41, 5.74) is 1.24. The van der Waals surface area contributed by atoms with Gasteiger partial charge >= 0.3 is 0 Å². The molecular formula is C16H15BrClF2N. The summed E-state index contributed by atoms with van der Waals surface area (Å²) in [5, 5.41) is 3.33. The number of hydrogen-bond acceptors (Lipinski definition) is 1. The first-order chi connectivity index (χ1) is 10.0. The Bertz CT molecular complexity index is 616. The minimum absolute atomic E-state index is 0.0536. The standard InChI is InChI=1S/C16H15BrClF2N/c1-2-9-21-16(10-3-5-11(19)6-4-10)12-7-8-13(17)14(18)15(12)20/h3-8,16,21H,2,9H2,1H3. The summed E-state index contributed by atoms with van der Waals surface area (Å²) < 4.78 is 28.0. The molecule has 0 aromatic heterocycles. The Hall–Kier alpha value is -0.970. The topological polar surface area (TPSA) is 12.0 Å². The van der Waals surface area contributed by atoms with Crippen LogP contribution in [0.2, 0.25) is 5.02 Å². The second-order valence-corrected chi connectivity index (χ2v) is 5.94. The fourth-order valence-corrected chi connectivity index (χ4v) is 2.59. The molecule has 1 N–H and O–H groups in total. The predicted molar refractivity (Wildman–Crippen MR) is 85.6 cm³/mol. The van der Waals surface area contributed by atoms with Crippen LogP contribution < -0.4 is 5.32 Å². The molecule has 0 saturated carbocycles. The number of halogens is 4. The van der Waals surface area contributed by atoms with Gasteiger partial charge in [-0.05, 0) is 52.7 Å². The lowest BCUT2D eigenvalue weighted by Gasteiger charge is -2.21. The van der Waals surface area contributed by atoms with Crippen LogP contribution in [0.5, 0.6) is 0 Å². The van der Waals surface area contributed by atoms with Gasteiger partial charge in [-0.3, -0.25) is 0 Å². The zero-order chi connectivity index (χ0) is 15.4. The molecule has 1 unspecified atom stereocenters. The second kappa shape index (κ2) is 7.34. The van der Waals surface area contributed by atoms with Gasteiger partial charge in [-0.15, -0.1) is 0 Å². The summed E-state index contributed by atoms with van der Waals surface area (Å²) in [5.74, 6) is -0.786. The quantitative estimate of drug-likeness (QED) is 0.684. The SMILES string of the molecule is CCCNC(c1ccc(F)cc1)c1ccc(Br)c(Cl)c1F. The molecule has 0 spiro atoms. The lowest BCUT2D eigenvalue weighted by atomic mass is 9.98. The third kappa shape index (κ3) is 3.82. The maximum Gasteiger partial charge on any atom is 0.148 e. The second-order valence-electron chi connectivity index (χ2n) is 4.70. The average Bonchev–Trinajstić information content (AvgIpc) is 2.48. The van der Waals surface area contributed by atoms with Crippen molar-refractivity contribution in [1.29, 1.82) is 0 Å². The highest BCUT2D eigenvalue weighted by molar-refractivity contribution is 9.10. The Morgan fingerprint density at radius 1 is 1.14 bits per heavy atom. The highest BCUT2D eigenvalue weighted by Crippen LogP contribution is 2.33. The van der Waals surface area contributed by atoms with E-state index >= 15 is 0 Å². The van der Waals surface area contributed by atoms with Gasteiger partial charge < -0.3 is 5.32 Å². The molecule has 0 aliphatic rings. The molecule has 0 fully saturated rings. The molecule has 0 aliphatic heterocycles. The zero-order valence-electron chi connectivity index (χ0n) is 11.5. The Morgan fingerprint density at radius 3 is 2.43 bits per heavy atom. The largest absolute Gasteiger partial charge is 0.306 e. The fourth-order valence-electron chi connectivity index (χ4n) is 2.12. The van der Waals surface area contributed by atoms with E-state index in [0.717, 1.165) is 18.5 Å². The Morgan fingerprint density at radius 2 is 1.81 bits per heavy atom. The van der Waals surface area contributed by atoms with Gasteiger partial charge in [0.15, 0.2) is 0 Å². The van der Waals surface area contributed by atoms with Gasteiger partial charge in [0.2, 0.25) is 0 Å². The van der Waals surface area contributed by atoms with Crippen LogP contribution in [-0.4, -0.2) is 6.54 Å². The van der Waals surface area contributed by atoms with Crippen molar-refractivity contribution in [3.63, 3.8) is 0 Å². The van der Waals surface area contributed by atoms with Crippen LogP contribution in [0.15, 0.2) is 40.9 Å². The maximum absolute atomic E-state index is 14.4. The van der Waals surface area contributed by atoms with Crippen molar-refractivity contribution in [3.05, 3.63) is 68.7 Å². The number of rotatable bonds is 5. The monoisotopic (exact) mass is 373 g/mol. The van der Waals surface area contributed by atoms with Crippen molar-refractivity contribution >= 4 is 27.5 Å². The Labute approximate surface area is 136 Å². The molecule has 0 radical (unpaired) electrons. The van der Waals surface area contributed by atoms with Crippen molar-refractivity contribution in [2.75, 3.05) is 6.54 Å². The molecule has 0 aliphatic carbocycles. The molecule has 0 heterocycles. The molecule has 0 amide bonds. The molecule has 5 heteroatoms. The maximum atomic E-state index is 14.4. The molecule has 112 valence electrons. The van der Waals surface area contributed by atoms with E-state index in [2.05, 4.69) is 21.2 Å². The van der Waals surface area contributed by atoms with Crippen molar-refractivity contribution in [1.82, 2.24) is 5.32 Å². The van der Waals surface area contributed by atoms with Crippen molar-refractivity contribution < 1.29 is 8.78 Å². The van der Waals surface area contributed by atoms with Crippen molar-refractivity contribution in [2.24, 2.45) is 0 Å². The highest BCUT2D eigenvalue weighted by atomic mass is 79.9. The molecule has 2 aromatic carbocycles. The Kier molecular flexibility index (Phi) is 5.73. The summed E-state index contributed by atoms with van der Waals surface area (Å²) in [4.78, 5) is 0. The summed E-state index contributed by atoms with van der Waals surface area (Å²) in [6.45, 7) is 2.74. The lowest BCUT2D eigenvalue weighted by molar-refractivity contribution is 0.545. The third-order valence-corrected chi connectivity index (χ3v) is 4.44. The molecule has 2 rings (SSSR count). The van der Waals surface area contributed by atoms with Gasteiger partial charge in [-0.25, -0.2) is 8.78 Å². The van der Waals surface area contributed by atoms with E-state index in [4.69, 9.17) is 11.6 Å². The van der Waals surface area contributed by atoms with Crippen LogP contribution in [0.25, 0.3) is 0 Å². The van der Waals surface area contributed by atoms with Crippen LogP contribution in [0.1, 0.15) is 30.5 Å². The van der Waals surface area contributed by atoms with Gasteiger partial charge in [0.25, 0.3) is 0 Å². The van der Waals surface area contributed by atoms with E-state index in [9.17, 15) is 8.78 Å². The van der Waals surface area contributed by atoms with Gasteiger partial charge in [0, 0.05) is 10.0 Å². The summed E-state index contributed by atoms with van der Waals surface area (Å²) in [7, 11) is 0. The van der Waals surface area contributed by atoms with E-state index in [0.29, 0.717) is 10.0 Å². The van der Waals surface area contributed by atoms with Crippen LogP contribution in [-0.2, 0) is 0 Å². The lowest BCUT2D eigenvalue weighted by Crippen LogP contribution is -2.24. The number of nitrogens with one attached hydrogen (secondary N) is 1. The first-order valence-corrected chi connectivity index (χ1v) is 7.84. The predicted octanol–water partition coefficient (Wildman–Crippen LogP) is 5.47. The molecule has 1 atom stereocenters. The molecular weight excluding hydrogens is 360 g/mol. The molecule has 0 bridgehead atoms. The van der Waals surface area contributed by atoms with E-state index < -0.39 is 5.82 Å². The fraction of sp³-hybridized carbons (Fsp3) is 0.250. The van der Waals surface area contributed by atoms with Crippen molar-refractivity contribution in [3.8, 4) is 0 Å². The van der Waals surface area contributed by atoms with E-state index in [1.165, 1.54) is 12.1 Å². The van der Waals surface area contributed by atoms with E-state index in [-0.39, 0.29) is 16.9 Å². The highest BCUT2D eigenvalue weighted by Gasteiger charge is 2.20. The molecule has 0 saturated heterocycles. The van der Waals surface area contributed by atoms with Crippen LogP contribution in [0, 0.1) is 11.6 Å². The van der Waals surface area contributed by atoms with Crippen LogP contribution in [0.3, 0.4) is 0 Å². The summed E-state index contributed by atoms with van der Waals surface area (Å²) in [6.07, 6.45) is 0.906. The summed E-state index contributed by atoms with van der Waals surface area (Å²) >= 11 is 9.17. The Balaban J connectivity index is 2.45. The zero-order valence-corrected chi connectivity index (χ0v) is 13.8. The summed E-state index contributed by atoms with van der Waals surface area (Å²) in [6, 6.07) is 9.07. The first-order valence-electron chi connectivity index (χ1n) is 6.66. The molecule has 1 nitrogen and oxygen atoms in total. The smallest absolute Gasteiger partial charge is 0.148 e. The molecule has 2 aromatic rings. The van der Waals surface area contributed by atoms with Gasteiger partial charge in [0.1, 0.15) is 11.6 Å². The molecule has 21 heavy (non-hydrogen) atoms. The van der Waals surface area contributed by atoms with Gasteiger partial charge in [0.05, 0.1) is 11.1 Å². The van der Waals surface area contributed by atoms with Crippen LogP contribution >= 0.6 is 27.5 Å². The van der Waals surface area contributed by atoms with E-state index in [1.807, 2.05) is 6.92 Å². The number of hydrogen-bond donors (Lipinski definition) is 1. The third-order valence-electron chi connectivity index (χ3n) is 3.18. The van der Waals surface area contributed by atoms with Gasteiger partial charge in [-0.1, -0.05) is 36.7 Å².